The van der Waals surface area contributed by atoms with Crippen LogP contribution in [0.25, 0.3) is 10.8 Å². The molecule has 1 amide bonds. The Labute approximate surface area is 187 Å². The standard InChI is InChI=1S/C25H27ClN2OS/c1-28-14-13-22(19-9-11-21(26)12-10-19)20(15-28)16-30-17-25(29)27-24-8-4-6-18-5-2-3-7-23(18)24/h2-12,20,22H,13-17H2,1H3,(H,27,29)/t20-,22+/m1/s1. The van der Waals surface area contributed by atoms with Gasteiger partial charge in [-0.2, -0.15) is 11.8 Å². The van der Waals surface area contributed by atoms with Gasteiger partial charge in [0.15, 0.2) is 0 Å². The number of amides is 1. The Morgan fingerprint density at radius 1 is 1.10 bits per heavy atom. The molecule has 2 atom stereocenters. The third-order valence-corrected chi connectivity index (χ3v) is 7.25. The van der Waals surface area contributed by atoms with Gasteiger partial charge in [0.1, 0.15) is 0 Å². The van der Waals surface area contributed by atoms with Crippen molar-refractivity contribution < 1.29 is 4.79 Å². The number of hydrogen-bond donors (Lipinski definition) is 1. The highest BCUT2D eigenvalue weighted by Gasteiger charge is 2.29. The molecule has 30 heavy (non-hydrogen) atoms. The highest BCUT2D eigenvalue weighted by Crippen LogP contribution is 2.35. The van der Waals surface area contributed by atoms with Crippen LogP contribution < -0.4 is 5.32 Å². The first-order chi connectivity index (χ1) is 14.6. The summed E-state index contributed by atoms with van der Waals surface area (Å²) in [5.74, 6) is 2.55. The van der Waals surface area contributed by atoms with E-state index in [4.69, 9.17) is 11.6 Å². The van der Waals surface area contributed by atoms with E-state index in [2.05, 4.69) is 41.5 Å². The molecule has 1 fully saturated rings. The van der Waals surface area contributed by atoms with Crippen molar-refractivity contribution >= 4 is 45.7 Å². The molecule has 156 valence electrons. The predicted octanol–water partition coefficient (Wildman–Crippen LogP) is 5.90. The van der Waals surface area contributed by atoms with E-state index in [-0.39, 0.29) is 5.91 Å². The molecule has 1 N–H and O–H groups in total. The van der Waals surface area contributed by atoms with Crippen molar-refractivity contribution in [1.29, 1.82) is 0 Å². The Balaban J connectivity index is 1.35. The third-order valence-electron chi connectivity index (χ3n) is 5.86. The van der Waals surface area contributed by atoms with Crippen molar-refractivity contribution in [2.45, 2.75) is 12.3 Å². The number of rotatable bonds is 6. The lowest BCUT2D eigenvalue weighted by Crippen LogP contribution is -2.38. The van der Waals surface area contributed by atoms with Gasteiger partial charge in [-0.15, -0.1) is 0 Å². The van der Waals surface area contributed by atoms with E-state index in [1.807, 2.05) is 42.5 Å². The fourth-order valence-corrected chi connectivity index (χ4v) is 5.50. The zero-order valence-corrected chi connectivity index (χ0v) is 18.8. The SMILES string of the molecule is CN1CC[C@@H](c2ccc(Cl)cc2)[C@@H](CSCC(=O)Nc2cccc3ccccc23)C1. The summed E-state index contributed by atoms with van der Waals surface area (Å²) in [5, 5.41) is 6.09. The van der Waals surface area contributed by atoms with Gasteiger partial charge >= 0.3 is 0 Å². The highest BCUT2D eigenvalue weighted by molar-refractivity contribution is 7.99. The summed E-state index contributed by atoms with van der Waals surface area (Å²) < 4.78 is 0. The number of halogens is 1. The van der Waals surface area contributed by atoms with Crippen LogP contribution >= 0.6 is 23.4 Å². The minimum absolute atomic E-state index is 0.0589. The summed E-state index contributed by atoms with van der Waals surface area (Å²) in [6.45, 7) is 2.17. The van der Waals surface area contributed by atoms with Gasteiger partial charge in [-0.25, -0.2) is 0 Å². The lowest BCUT2D eigenvalue weighted by Gasteiger charge is -2.37. The van der Waals surface area contributed by atoms with E-state index in [0.29, 0.717) is 17.6 Å². The second kappa shape index (κ2) is 9.86. The Bertz CT molecular complexity index is 1000. The van der Waals surface area contributed by atoms with Crippen molar-refractivity contribution in [3.8, 4) is 0 Å². The predicted molar refractivity (Wildman–Crippen MR) is 130 cm³/mol. The van der Waals surface area contributed by atoms with Crippen LogP contribution in [-0.4, -0.2) is 42.4 Å². The van der Waals surface area contributed by atoms with Gasteiger partial charge in [0.25, 0.3) is 0 Å². The average Bonchev–Trinajstić information content (AvgIpc) is 2.75. The number of hydrogen-bond acceptors (Lipinski definition) is 3. The number of nitrogens with one attached hydrogen (secondary N) is 1. The number of carbonyl (C=O) groups excluding carboxylic acids is 1. The van der Waals surface area contributed by atoms with Gasteiger partial charge in [-0.3, -0.25) is 4.79 Å². The molecule has 5 heteroatoms. The molecule has 1 saturated heterocycles. The number of piperidine rings is 1. The quantitative estimate of drug-likeness (QED) is 0.520. The van der Waals surface area contributed by atoms with Crippen LogP contribution in [0.15, 0.2) is 66.7 Å². The second-order valence-electron chi connectivity index (χ2n) is 8.06. The Morgan fingerprint density at radius 2 is 1.87 bits per heavy atom. The van der Waals surface area contributed by atoms with Gasteiger partial charge < -0.3 is 10.2 Å². The number of likely N-dealkylation sites (tertiary alicyclic amines) is 1. The van der Waals surface area contributed by atoms with E-state index < -0.39 is 0 Å². The molecule has 0 saturated carbocycles. The molecule has 3 aromatic rings. The summed E-state index contributed by atoms with van der Waals surface area (Å²) in [4.78, 5) is 15.0. The molecular formula is C25H27ClN2OS. The maximum Gasteiger partial charge on any atom is 0.234 e. The third kappa shape index (κ3) is 5.18. The molecule has 1 aliphatic rings. The molecule has 0 aromatic heterocycles. The van der Waals surface area contributed by atoms with Gasteiger partial charge in [-0.05, 0) is 66.8 Å². The van der Waals surface area contributed by atoms with Gasteiger partial charge in [-0.1, -0.05) is 60.1 Å². The number of thioether (sulfide) groups is 1. The number of nitrogens with zero attached hydrogens (tertiary/aromatic N) is 1. The summed E-state index contributed by atoms with van der Waals surface area (Å²) in [6, 6.07) is 22.4. The van der Waals surface area contributed by atoms with Gasteiger partial charge in [0.2, 0.25) is 5.91 Å². The first kappa shape index (κ1) is 21.2. The van der Waals surface area contributed by atoms with E-state index in [1.54, 1.807) is 11.8 Å². The first-order valence-corrected chi connectivity index (χ1v) is 11.9. The van der Waals surface area contributed by atoms with E-state index in [1.165, 1.54) is 5.56 Å². The number of benzene rings is 3. The van der Waals surface area contributed by atoms with Crippen molar-refractivity contribution in [2.24, 2.45) is 5.92 Å². The topological polar surface area (TPSA) is 32.3 Å². The molecule has 0 aliphatic carbocycles. The first-order valence-electron chi connectivity index (χ1n) is 10.4. The van der Waals surface area contributed by atoms with Crippen LogP contribution in [-0.2, 0) is 4.79 Å². The molecule has 1 aliphatic heterocycles. The smallest absolute Gasteiger partial charge is 0.234 e. The van der Waals surface area contributed by atoms with Crippen LogP contribution in [0.1, 0.15) is 17.9 Å². The monoisotopic (exact) mass is 438 g/mol. The lowest BCUT2D eigenvalue weighted by atomic mass is 9.81. The zero-order valence-electron chi connectivity index (χ0n) is 17.2. The summed E-state index contributed by atoms with van der Waals surface area (Å²) in [6.07, 6.45) is 1.14. The summed E-state index contributed by atoms with van der Waals surface area (Å²) >= 11 is 7.81. The van der Waals surface area contributed by atoms with Gasteiger partial charge in [0.05, 0.1) is 5.75 Å². The van der Waals surface area contributed by atoms with Crippen molar-refractivity contribution in [1.82, 2.24) is 4.90 Å². The molecule has 3 aromatic carbocycles. The Morgan fingerprint density at radius 3 is 2.70 bits per heavy atom. The Kier molecular flexibility index (Phi) is 6.98. The van der Waals surface area contributed by atoms with Crippen molar-refractivity contribution in [2.75, 3.05) is 37.0 Å². The number of anilines is 1. The molecule has 4 rings (SSSR count). The molecule has 0 unspecified atom stereocenters. The van der Waals surface area contributed by atoms with Gasteiger partial charge in [0, 0.05) is 22.6 Å². The number of carbonyl (C=O) groups is 1. The molecule has 3 nitrogen and oxygen atoms in total. The minimum Gasteiger partial charge on any atom is -0.325 e. The molecule has 0 spiro atoms. The second-order valence-corrected chi connectivity index (χ2v) is 9.53. The zero-order chi connectivity index (χ0) is 20.9. The van der Waals surface area contributed by atoms with Crippen molar-refractivity contribution in [3.05, 3.63) is 77.3 Å². The van der Waals surface area contributed by atoms with Crippen LogP contribution in [0.3, 0.4) is 0 Å². The van der Waals surface area contributed by atoms with E-state index in [0.717, 1.165) is 46.7 Å². The summed E-state index contributed by atoms with van der Waals surface area (Å²) in [7, 11) is 2.18. The van der Waals surface area contributed by atoms with Crippen molar-refractivity contribution in [3.63, 3.8) is 0 Å². The lowest BCUT2D eigenvalue weighted by molar-refractivity contribution is -0.113. The average molecular weight is 439 g/mol. The molecule has 0 bridgehead atoms. The van der Waals surface area contributed by atoms with Crippen LogP contribution in [0.2, 0.25) is 5.02 Å². The highest BCUT2D eigenvalue weighted by atomic mass is 35.5. The molecule has 0 radical (unpaired) electrons. The maximum atomic E-state index is 12.6. The van der Waals surface area contributed by atoms with Crippen LogP contribution in [0.5, 0.6) is 0 Å². The fraction of sp³-hybridized carbons (Fsp3) is 0.320. The van der Waals surface area contributed by atoms with Crippen LogP contribution in [0, 0.1) is 5.92 Å². The van der Waals surface area contributed by atoms with E-state index >= 15 is 0 Å². The van der Waals surface area contributed by atoms with Crippen LogP contribution in [0.4, 0.5) is 5.69 Å². The Hall–Kier alpha value is -2.01. The summed E-state index contributed by atoms with van der Waals surface area (Å²) in [5.41, 5.74) is 2.24. The number of fused-ring (bicyclic) bond motifs is 1. The molecular weight excluding hydrogens is 412 g/mol. The fourth-order valence-electron chi connectivity index (χ4n) is 4.36. The maximum absolute atomic E-state index is 12.6. The minimum atomic E-state index is 0.0589. The molecule has 1 heterocycles. The largest absolute Gasteiger partial charge is 0.325 e. The van der Waals surface area contributed by atoms with E-state index in [9.17, 15) is 4.79 Å². The normalized spacial score (nSPS) is 19.7.